The standard InChI is InChI=1S/C14H21N3O3S/c1-5-15-11-6-7-13(17(19)20)12(8-11)14(18)16(3)10(2)9-21-4/h6-8,10,15H,5,9H2,1-4H3. The van der Waals surface area contributed by atoms with Gasteiger partial charge in [0.05, 0.1) is 4.92 Å². The highest BCUT2D eigenvalue weighted by atomic mass is 32.2. The van der Waals surface area contributed by atoms with E-state index in [9.17, 15) is 14.9 Å². The Morgan fingerprint density at radius 2 is 2.19 bits per heavy atom. The van der Waals surface area contributed by atoms with Gasteiger partial charge in [0.25, 0.3) is 11.6 Å². The molecule has 0 aliphatic carbocycles. The summed E-state index contributed by atoms with van der Waals surface area (Å²) in [6.07, 6.45) is 1.96. The molecule has 1 rings (SSSR count). The Bertz CT molecular complexity index is 522. The van der Waals surface area contributed by atoms with Crippen LogP contribution in [-0.4, -0.2) is 47.4 Å². The van der Waals surface area contributed by atoms with E-state index in [0.717, 1.165) is 5.75 Å². The highest BCUT2D eigenvalue weighted by molar-refractivity contribution is 7.98. The number of carbonyl (C=O) groups is 1. The second-order valence-corrected chi connectivity index (χ2v) is 5.65. The summed E-state index contributed by atoms with van der Waals surface area (Å²) in [5.74, 6) is 0.450. The van der Waals surface area contributed by atoms with Crippen LogP contribution in [0.25, 0.3) is 0 Å². The zero-order chi connectivity index (χ0) is 16.0. The van der Waals surface area contributed by atoms with Gasteiger partial charge in [-0.15, -0.1) is 0 Å². The molecule has 21 heavy (non-hydrogen) atoms. The fraction of sp³-hybridized carbons (Fsp3) is 0.500. The average molecular weight is 311 g/mol. The van der Waals surface area contributed by atoms with E-state index in [1.54, 1.807) is 35.8 Å². The SMILES string of the molecule is CCNc1ccc([N+](=O)[O-])c(C(=O)N(C)C(C)CSC)c1. The second-order valence-electron chi connectivity index (χ2n) is 4.74. The van der Waals surface area contributed by atoms with E-state index in [1.807, 2.05) is 20.1 Å². The van der Waals surface area contributed by atoms with Crippen LogP contribution in [0.1, 0.15) is 24.2 Å². The van der Waals surface area contributed by atoms with Crippen LogP contribution in [0.5, 0.6) is 0 Å². The number of thioether (sulfide) groups is 1. The Hall–Kier alpha value is -1.76. The Kier molecular flexibility index (Phi) is 6.48. The molecule has 0 aliphatic rings. The zero-order valence-corrected chi connectivity index (χ0v) is 13.6. The van der Waals surface area contributed by atoms with E-state index in [1.165, 1.54) is 6.07 Å². The maximum Gasteiger partial charge on any atom is 0.282 e. The summed E-state index contributed by atoms with van der Waals surface area (Å²) < 4.78 is 0. The Labute approximate surface area is 129 Å². The lowest BCUT2D eigenvalue weighted by Crippen LogP contribution is -2.36. The number of hydrogen-bond acceptors (Lipinski definition) is 5. The van der Waals surface area contributed by atoms with E-state index in [2.05, 4.69) is 5.32 Å². The third-order valence-corrected chi connectivity index (χ3v) is 4.01. The van der Waals surface area contributed by atoms with Gasteiger partial charge in [-0.05, 0) is 32.2 Å². The number of hydrogen-bond donors (Lipinski definition) is 1. The van der Waals surface area contributed by atoms with Gasteiger partial charge in [0, 0.05) is 37.1 Å². The van der Waals surface area contributed by atoms with Gasteiger partial charge >= 0.3 is 0 Å². The molecule has 0 bridgehead atoms. The highest BCUT2D eigenvalue weighted by Gasteiger charge is 2.25. The van der Waals surface area contributed by atoms with Crippen LogP contribution < -0.4 is 5.32 Å². The van der Waals surface area contributed by atoms with E-state index >= 15 is 0 Å². The van der Waals surface area contributed by atoms with Crippen molar-refractivity contribution < 1.29 is 9.72 Å². The summed E-state index contributed by atoms with van der Waals surface area (Å²) in [4.78, 5) is 24.7. The van der Waals surface area contributed by atoms with Gasteiger partial charge in [-0.3, -0.25) is 14.9 Å². The van der Waals surface area contributed by atoms with Gasteiger partial charge in [0.15, 0.2) is 0 Å². The number of rotatable bonds is 7. The number of benzene rings is 1. The molecule has 1 amide bonds. The third-order valence-electron chi connectivity index (χ3n) is 3.19. The number of nitro benzene ring substituents is 1. The molecule has 0 saturated carbocycles. The van der Waals surface area contributed by atoms with Crippen molar-refractivity contribution >= 4 is 29.0 Å². The molecule has 0 aromatic heterocycles. The lowest BCUT2D eigenvalue weighted by atomic mass is 10.1. The summed E-state index contributed by atoms with van der Waals surface area (Å²) >= 11 is 1.63. The van der Waals surface area contributed by atoms with Crippen LogP contribution in [0.2, 0.25) is 0 Å². The summed E-state index contributed by atoms with van der Waals surface area (Å²) in [7, 11) is 1.67. The number of nitrogens with zero attached hydrogens (tertiary/aromatic N) is 2. The number of nitro groups is 1. The minimum absolute atomic E-state index is 0.00916. The van der Waals surface area contributed by atoms with E-state index in [4.69, 9.17) is 0 Å². The van der Waals surface area contributed by atoms with Gasteiger partial charge in [0.1, 0.15) is 5.56 Å². The maximum absolute atomic E-state index is 12.5. The first-order chi connectivity index (χ1) is 9.92. The average Bonchev–Trinajstić information content (AvgIpc) is 2.46. The van der Waals surface area contributed by atoms with Gasteiger partial charge < -0.3 is 10.2 Å². The first-order valence-electron chi connectivity index (χ1n) is 6.70. The highest BCUT2D eigenvalue weighted by Crippen LogP contribution is 2.24. The normalized spacial score (nSPS) is 11.8. The molecular weight excluding hydrogens is 290 g/mol. The summed E-state index contributed by atoms with van der Waals surface area (Å²) in [5, 5.41) is 14.2. The molecule has 0 heterocycles. The monoisotopic (exact) mass is 311 g/mol. The number of amides is 1. The van der Waals surface area contributed by atoms with E-state index < -0.39 is 4.92 Å². The smallest absolute Gasteiger partial charge is 0.282 e. The quantitative estimate of drug-likeness (QED) is 0.619. The Morgan fingerprint density at radius 3 is 2.71 bits per heavy atom. The largest absolute Gasteiger partial charge is 0.385 e. The summed E-state index contributed by atoms with van der Waals surface area (Å²) in [6, 6.07) is 4.55. The van der Waals surface area contributed by atoms with Crippen LogP contribution in [0, 0.1) is 10.1 Å². The fourth-order valence-electron chi connectivity index (χ4n) is 1.92. The molecule has 0 radical (unpaired) electrons. The molecule has 1 aromatic rings. The maximum atomic E-state index is 12.5. The molecule has 1 atom stereocenters. The third kappa shape index (κ3) is 4.35. The molecule has 0 saturated heterocycles. The molecule has 116 valence electrons. The first kappa shape index (κ1) is 17.3. The Balaban J connectivity index is 3.15. The summed E-state index contributed by atoms with van der Waals surface area (Å²) in [5.41, 5.74) is 0.663. The fourth-order valence-corrected chi connectivity index (χ4v) is 2.63. The molecule has 1 aromatic carbocycles. The lowest BCUT2D eigenvalue weighted by molar-refractivity contribution is -0.385. The van der Waals surface area contributed by atoms with Crippen molar-refractivity contribution in [3.63, 3.8) is 0 Å². The Morgan fingerprint density at radius 1 is 1.52 bits per heavy atom. The molecule has 0 spiro atoms. The van der Waals surface area contributed by atoms with Gasteiger partial charge in [0.2, 0.25) is 0 Å². The number of carbonyl (C=O) groups excluding carboxylic acids is 1. The van der Waals surface area contributed by atoms with Crippen LogP contribution in [-0.2, 0) is 0 Å². The molecule has 0 aliphatic heterocycles. The summed E-state index contributed by atoms with van der Waals surface area (Å²) in [6.45, 7) is 4.54. The minimum atomic E-state index is -0.518. The molecule has 1 N–H and O–H groups in total. The van der Waals surface area contributed by atoms with Crippen molar-refractivity contribution in [2.24, 2.45) is 0 Å². The predicted octanol–water partition coefficient (Wildman–Crippen LogP) is 2.85. The van der Waals surface area contributed by atoms with Crippen LogP contribution in [0.4, 0.5) is 11.4 Å². The van der Waals surface area contributed by atoms with Crippen molar-refractivity contribution in [2.75, 3.05) is 30.9 Å². The first-order valence-corrected chi connectivity index (χ1v) is 8.10. The zero-order valence-electron chi connectivity index (χ0n) is 12.8. The van der Waals surface area contributed by atoms with Crippen LogP contribution in [0.3, 0.4) is 0 Å². The predicted molar refractivity (Wildman–Crippen MR) is 87.2 cm³/mol. The topological polar surface area (TPSA) is 75.5 Å². The van der Waals surface area contributed by atoms with Gasteiger partial charge in [-0.25, -0.2) is 0 Å². The van der Waals surface area contributed by atoms with E-state index in [0.29, 0.717) is 12.2 Å². The van der Waals surface area contributed by atoms with Crippen molar-refractivity contribution in [1.82, 2.24) is 4.90 Å². The van der Waals surface area contributed by atoms with Crippen molar-refractivity contribution in [3.05, 3.63) is 33.9 Å². The van der Waals surface area contributed by atoms with Gasteiger partial charge in [-0.1, -0.05) is 0 Å². The molecule has 7 heteroatoms. The van der Waals surface area contributed by atoms with Crippen molar-refractivity contribution in [3.8, 4) is 0 Å². The van der Waals surface area contributed by atoms with Crippen LogP contribution >= 0.6 is 11.8 Å². The molecule has 6 nitrogen and oxygen atoms in total. The van der Waals surface area contributed by atoms with Crippen molar-refractivity contribution in [2.45, 2.75) is 19.9 Å². The van der Waals surface area contributed by atoms with E-state index in [-0.39, 0.29) is 23.2 Å². The second kappa shape index (κ2) is 7.87. The number of nitrogens with one attached hydrogen (secondary N) is 1. The number of anilines is 1. The molecule has 1 unspecified atom stereocenters. The van der Waals surface area contributed by atoms with Gasteiger partial charge in [-0.2, -0.15) is 11.8 Å². The minimum Gasteiger partial charge on any atom is -0.385 e. The lowest BCUT2D eigenvalue weighted by Gasteiger charge is -2.24. The molecular formula is C14H21N3O3S. The van der Waals surface area contributed by atoms with Crippen LogP contribution in [0.15, 0.2) is 18.2 Å². The van der Waals surface area contributed by atoms with Crippen molar-refractivity contribution in [1.29, 1.82) is 0 Å². The molecule has 0 fully saturated rings.